The fraction of sp³-hybridized carbons (Fsp3) is 0.348. The first-order valence-corrected chi connectivity index (χ1v) is 10.5. The average Bonchev–Trinajstić information content (AvgIpc) is 3.34. The minimum Gasteiger partial charge on any atom is -0.390 e. The standard InChI is InChI=1S/C23H23F2N5O2/c1-14(15-4-3-5-16(10-15)23(24,25)13-31)27-21-17-12-29(22(2)7-8-22)20(32)11-18(17)30-19(28-21)6-9-26-30/h3-6,9-12,14,31H,7-8,13H2,1-2H3,(H,27,28). The van der Waals surface area contributed by atoms with Crippen molar-refractivity contribution >= 4 is 22.4 Å². The van der Waals surface area contributed by atoms with Crippen LogP contribution in [0.25, 0.3) is 16.6 Å². The number of hydrogen-bond acceptors (Lipinski definition) is 5. The van der Waals surface area contributed by atoms with Crippen LogP contribution in [0.2, 0.25) is 0 Å². The lowest BCUT2D eigenvalue weighted by Crippen LogP contribution is -2.27. The van der Waals surface area contributed by atoms with Crippen molar-refractivity contribution in [2.75, 3.05) is 11.9 Å². The van der Waals surface area contributed by atoms with E-state index in [4.69, 9.17) is 5.11 Å². The monoisotopic (exact) mass is 439 g/mol. The Hall–Kier alpha value is -3.33. The Balaban J connectivity index is 1.60. The van der Waals surface area contributed by atoms with Crippen LogP contribution in [0.15, 0.2) is 53.6 Å². The lowest BCUT2D eigenvalue weighted by molar-refractivity contribution is -0.0556. The third-order valence-electron chi connectivity index (χ3n) is 6.28. The Morgan fingerprint density at radius 3 is 2.78 bits per heavy atom. The van der Waals surface area contributed by atoms with E-state index in [0.717, 1.165) is 18.2 Å². The average molecular weight is 439 g/mol. The summed E-state index contributed by atoms with van der Waals surface area (Å²) >= 11 is 0. The molecule has 2 N–H and O–H groups in total. The van der Waals surface area contributed by atoms with Crippen LogP contribution < -0.4 is 10.9 Å². The smallest absolute Gasteiger partial charge is 0.295 e. The van der Waals surface area contributed by atoms with Crippen LogP contribution in [0.3, 0.4) is 0 Å². The molecular weight excluding hydrogens is 416 g/mol. The number of pyridine rings is 1. The number of fused-ring (bicyclic) bond motifs is 3. The zero-order valence-corrected chi connectivity index (χ0v) is 17.7. The van der Waals surface area contributed by atoms with Gasteiger partial charge in [-0.1, -0.05) is 18.2 Å². The van der Waals surface area contributed by atoms with Gasteiger partial charge in [-0.25, -0.2) is 9.50 Å². The molecule has 166 valence electrons. The molecule has 0 spiro atoms. The Morgan fingerprint density at radius 1 is 1.28 bits per heavy atom. The van der Waals surface area contributed by atoms with E-state index in [2.05, 4.69) is 15.4 Å². The highest BCUT2D eigenvalue weighted by atomic mass is 19.3. The molecule has 0 amide bonds. The van der Waals surface area contributed by atoms with Crippen molar-refractivity contribution < 1.29 is 13.9 Å². The molecule has 1 saturated carbocycles. The molecule has 3 heterocycles. The first-order chi connectivity index (χ1) is 15.2. The second kappa shape index (κ2) is 7.09. The van der Waals surface area contributed by atoms with Crippen molar-refractivity contribution in [3.63, 3.8) is 0 Å². The highest BCUT2D eigenvalue weighted by Gasteiger charge is 2.40. The lowest BCUT2D eigenvalue weighted by atomic mass is 10.0. The Labute approximate surface area is 182 Å². The van der Waals surface area contributed by atoms with Crippen molar-refractivity contribution in [2.45, 2.75) is 44.2 Å². The minimum absolute atomic E-state index is 0.0987. The highest BCUT2D eigenvalue weighted by Crippen LogP contribution is 2.42. The van der Waals surface area contributed by atoms with E-state index in [1.165, 1.54) is 12.1 Å². The van der Waals surface area contributed by atoms with Gasteiger partial charge in [0, 0.05) is 35.5 Å². The molecule has 1 unspecified atom stereocenters. The van der Waals surface area contributed by atoms with E-state index >= 15 is 0 Å². The van der Waals surface area contributed by atoms with E-state index in [1.54, 1.807) is 39.5 Å². The number of nitrogens with zero attached hydrogens (tertiary/aromatic N) is 4. The minimum atomic E-state index is -3.31. The maximum atomic E-state index is 14.0. The summed E-state index contributed by atoms with van der Waals surface area (Å²) in [4.78, 5) is 17.5. The van der Waals surface area contributed by atoms with E-state index in [9.17, 15) is 13.6 Å². The number of aromatic nitrogens is 4. The predicted octanol–water partition coefficient (Wildman–Crippen LogP) is 3.81. The lowest BCUT2D eigenvalue weighted by Gasteiger charge is -2.20. The molecule has 1 aliphatic rings. The van der Waals surface area contributed by atoms with Crippen LogP contribution in [0, 0.1) is 0 Å². The number of rotatable bonds is 6. The van der Waals surface area contributed by atoms with Crippen molar-refractivity contribution in [1.29, 1.82) is 0 Å². The maximum Gasteiger partial charge on any atom is 0.295 e. The molecule has 0 bridgehead atoms. The second-order valence-corrected chi connectivity index (χ2v) is 8.69. The van der Waals surface area contributed by atoms with Gasteiger partial charge in [0.05, 0.1) is 17.1 Å². The van der Waals surface area contributed by atoms with Crippen LogP contribution in [0.4, 0.5) is 14.6 Å². The summed E-state index contributed by atoms with van der Waals surface area (Å²) in [5.74, 6) is -2.77. The number of halogens is 2. The van der Waals surface area contributed by atoms with Gasteiger partial charge >= 0.3 is 0 Å². The number of aliphatic hydroxyl groups is 1. The van der Waals surface area contributed by atoms with E-state index < -0.39 is 12.5 Å². The third-order valence-corrected chi connectivity index (χ3v) is 6.28. The van der Waals surface area contributed by atoms with Crippen LogP contribution in [0.1, 0.15) is 43.9 Å². The SMILES string of the molecule is CC(Nc1nc2ccnn2c2cc(=O)n(C3(C)CC3)cc12)c1cccc(C(F)(F)CO)c1. The number of benzene rings is 1. The van der Waals surface area contributed by atoms with Gasteiger partial charge in [-0.05, 0) is 38.3 Å². The van der Waals surface area contributed by atoms with Gasteiger partial charge in [0.1, 0.15) is 12.4 Å². The normalized spacial score (nSPS) is 16.4. The molecular formula is C23H23F2N5O2. The predicted molar refractivity (Wildman–Crippen MR) is 117 cm³/mol. The highest BCUT2D eigenvalue weighted by molar-refractivity contribution is 5.90. The largest absolute Gasteiger partial charge is 0.390 e. The summed E-state index contributed by atoms with van der Waals surface area (Å²) in [5.41, 5.74) is 1.28. The summed E-state index contributed by atoms with van der Waals surface area (Å²) < 4.78 is 31.3. The van der Waals surface area contributed by atoms with Gasteiger partial charge < -0.3 is 15.0 Å². The summed E-state index contributed by atoms with van der Waals surface area (Å²) in [5, 5.41) is 17.4. The summed E-state index contributed by atoms with van der Waals surface area (Å²) in [6.07, 6.45) is 5.29. The Morgan fingerprint density at radius 2 is 2.06 bits per heavy atom. The molecule has 0 aliphatic heterocycles. The fourth-order valence-corrected chi connectivity index (χ4v) is 3.99. The van der Waals surface area contributed by atoms with Crippen LogP contribution in [0.5, 0.6) is 0 Å². The Bertz CT molecular complexity index is 1390. The number of hydrogen-bond donors (Lipinski definition) is 2. The fourth-order valence-electron chi connectivity index (χ4n) is 3.99. The number of nitrogens with one attached hydrogen (secondary N) is 1. The van der Waals surface area contributed by atoms with E-state index in [0.29, 0.717) is 22.5 Å². The molecule has 7 nitrogen and oxygen atoms in total. The van der Waals surface area contributed by atoms with E-state index in [-0.39, 0.29) is 22.7 Å². The molecule has 32 heavy (non-hydrogen) atoms. The second-order valence-electron chi connectivity index (χ2n) is 8.69. The van der Waals surface area contributed by atoms with Gasteiger partial charge in [0.15, 0.2) is 5.65 Å². The van der Waals surface area contributed by atoms with Crippen LogP contribution >= 0.6 is 0 Å². The number of alkyl halides is 2. The van der Waals surface area contributed by atoms with Crippen LogP contribution in [-0.2, 0) is 11.5 Å². The molecule has 1 atom stereocenters. The van der Waals surface area contributed by atoms with Gasteiger partial charge in [0.2, 0.25) is 0 Å². The first kappa shape index (κ1) is 20.6. The number of aliphatic hydroxyl groups excluding tert-OH is 1. The summed E-state index contributed by atoms with van der Waals surface area (Å²) in [6, 6.07) is 8.92. The van der Waals surface area contributed by atoms with Gasteiger partial charge in [-0.3, -0.25) is 4.79 Å². The molecule has 1 fully saturated rings. The molecule has 9 heteroatoms. The van der Waals surface area contributed by atoms with Crippen molar-refractivity contribution in [2.24, 2.45) is 0 Å². The first-order valence-electron chi connectivity index (χ1n) is 10.5. The van der Waals surface area contributed by atoms with Crippen molar-refractivity contribution in [1.82, 2.24) is 19.2 Å². The van der Waals surface area contributed by atoms with Gasteiger partial charge in [-0.15, -0.1) is 0 Å². The molecule has 4 aromatic rings. The maximum absolute atomic E-state index is 14.0. The topological polar surface area (TPSA) is 84.5 Å². The molecule has 5 rings (SSSR count). The van der Waals surface area contributed by atoms with Crippen molar-refractivity contribution in [3.05, 3.63) is 70.3 Å². The molecule has 1 aromatic carbocycles. The zero-order valence-electron chi connectivity index (χ0n) is 17.7. The molecule has 3 aromatic heterocycles. The van der Waals surface area contributed by atoms with Crippen molar-refractivity contribution in [3.8, 4) is 0 Å². The Kier molecular flexibility index (Phi) is 4.56. The molecule has 0 radical (unpaired) electrons. The van der Waals surface area contributed by atoms with Crippen LogP contribution in [-0.4, -0.2) is 30.9 Å². The number of anilines is 1. The summed E-state index contributed by atoms with van der Waals surface area (Å²) in [6.45, 7) is 2.64. The zero-order chi connectivity index (χ0) is 22.7. The summed E-state index contributed by atoms with van der Waals surface area (Å²) in [7, 11) is 0. The van der Waals surface area contributed by atoms with E-state index in [1.807, 2.05) is 20.0 Å². The molecule has 0 saturated heterocycles. The molecule has 1 aliphatic carbocycles. The van der Waals surface area contributed by atoms with Gasteiger partial charge in [0.25, 0.3) is 11.5 Å². The van der Waals surface area contributed by atoms with Gasteiger partial charge in [-0.2, -0.15) is 13.9 Å². The third kappa shape index (κ3) is 3.33. The quantitative estimate of drug-likeness (QED) is 0.477.